The standard InChI is InChI=1S/C19H17ClF3NO4S/c1-2-28-18(25)10-16-15-9-13(19(21,22)23)5-8-17(15)29(26,27)24(16)11-12-3-6-14(20)7-4-12/h3-9,16H,2,10-11H2,1H3/t16-/m0/s1. The van der Waals surface area contributed by atoms with E-state index in [0.717, 1.165) is 22.5 Å². The second-order valence-electron chi connectivity index (χ2n) is 6.45. The Kier molecular flexibility index (Phi) is 5.93. The number of ether oxygens (including phenoxy) is 1. The summed E-state index contributed by atoms with van der Waals surface area (Å²) in [5.41, 5.74) is -0.467. The van der Waals surface area contributed by atoms with Crippen LogP contribution in [0, 0.1) is 0 Å². The van der Waals surface area contributed by atoms with Crippen molar-refractivity contribution in [3.63, 3.8) is 0 Å². The van der Waals surface area contributed by atoms with Crippen molar-refractivity contribution in [2.75, 3.05) is 6.61 Å². The number of nitrogens with zero attached hydrogens (tertiary/aromatic N) is 1. The molecule has 0 spiro atoms. The molecular formula is C19H17ClF3NO4S. The molecule has 1 heterocycles. The van der Waals surface area contributed by atoms with Crippen LogP contribution in [-0.2, 0) is 32.3 Å². The fraction of sp³-hybridized carbons (Fsp3) is 0.316. The molecule has 156 valence electrons. The largest absolute Gasteiger partial charge is 0.466 e. The van der Waals surface area contributed by atoms with Crippen molar-refractivity contribution in [1.29, 1.82) is 0 Å². The van der Waals surface area contributed by atoms with Gasteiger partial charge in [-0.3, -0.25) is 4.79 Å². The van der Waals surface area contributed by atoms with Gasteiger partial charge in [-0.05, 0) is 48.4 Å². The molecule has 10 heteroatoms. The number of sulfonamides is 1. The Balaban J connectivity index is 2.07. The number of carbonyl (C=O) groups is 1. The lowest BCUT2D eigenvalue weighted by Gasteiger charge is -2.23. The van der Waals surface area contributed by atoms with Gasteiger partial charge in [-0.25, -0.2) is 8.42 Å². The van der Waals surface area contributed by atoms with Gasteiger partial charge in [-0.15, -0.1) is 0 Å². The van der Waals surface area contributed by atoms with E-state index in [1.165, 1.54) is 0 Å². The van der Waals surface area contributed by atoms with Crippen LogP contribution < -0.4 is 0 Å². The van der Waals surface area contributed by atoms with Gasteiger partial charge in [0, 0.05) is 11.6 Å². The zero-order valence-corrected chi connectivity index (χ0v) is 16.8. The predicted octanol–water partition coefficient (Wildman–Crippen LogP) is 4.56. The van der Waals surface area contributed by atoms with Crippen molar-refractivity contribution in [2.45, 2.75) is 37.0 Å². The van der Waals surface area contributed by atoms with Gasteiger partial charge < -0.3 is 4.74 Å². The molecule has 1 atom stereocenters. The van der Waals surface area contributed by atoms with Crippen LogP contribution in [0.1, 0.15) is 36.1 Å². The van der Waals surface area contributed by atoms with Crippen LogP contribution in [0.4, 0.5) is 13.2 Å². The third kappa shape index (κ3) is 4.41. The van der Waals surface area contributed by atoms with Gasteiger partial charge >= 0.3 is 12.1 Å². The minimum absolute atomic E-state index is 0.0677. The van der Waals surface area contributed by atoms with Gasteiger partial charge in [0.15, 0.2) is 0 Å². The topological polar surface area (TPSA) is 63.7 Å². The number of hydrogen-bond donors (Lipinski definition) is 0. The average molecular weight is 448 g/mol. The monoisotopic (exact) mass is 447 g/mol. The van der Waals surface area contributed by atoms with E-state index in [1.54, 1.807) is 31.2 Å². The molecule has 0 radical (unpaired) electrons. The number of benzene rings is 2. The fourth-order valence-corrected chi connectivity index (χ4v) is 5.18. The molecule has 2 aromatic carbocycles. The molecule has 1 aliphatic heterocycles. The maximum absolute atomic E-state index is 13.2. The average Bonchev–Trinajstić information content (AvgIpc) is 2.84. The minimum Gasteiger partial charge on any atom is -0.466 e. The third-order valence-corrected chi connectivity index (χ3v) is 6.73. The number of hydrogen-bond acceptors (Lipinski definition) is 4. The summed E-state index contributed by atoms with van der Waals surface area (Å²) in [6.07, 6.45) is -5.04. The first-order valence-electron chi connectivity index (χ1n) is 8.67. The molecule has 0 fully saturated rings. The molecule has 1 aliphatic rings. The van der Waals surface area contributed by atoms with Crippen LogP contribution in [0.2, 0.25) is 5.02 Å². The summed E-state index contributed by atoms with van der Waals surface area (Å²) in [5, 5.41) is 0.458. The first kappa shape index (κ1) is 21.6. The van der Waals surface area contributed by atoms with Crippen LogP contribution in [0.5, 0.6) is 0 Å². The van der Waals surface area contributed by atoms with E-state index in [0.29, 0.717) is 10.6 Å². The Morgan fingerprint density at radius 2 is 1.83 bits per heavy atom. The molecule has 0 saturated heterocycles. The van der Waals surface area contributed by atoms with E-state index >= 15 is 0 Å². The van der Waals surface area contributed by atoms with Gasteiger partial charge in [0.25, 0.3) is 0 Å². The number of rotatable bonds is 5. The van der Waals surface area contributed by atoms with Gasteiger partial charge in [-0.1, -0.05) is 23.7 Å². The highest BCUT2D eigenvalue weighted by molar-refractivity contribution is 7.89. The number of halogens is 4. The number of esters is 1. The van der Waals surface area contributed by atoms with Crippen LogP contribution in [0.15, 0.2) is 47.4 Å². The normalized spacial score (nSPS) is 18.4. The van der Waals surface area contributed by atoms with E-state index < -0.39 is 40.2 Å². The van der Waals surface area contributed by atoms with Crippen molar-refractivity contribution in [2.24, 2.45) is 0 Å². The van der Waals surface area contributed by atoms with Gasteiger partial charge in [-0.2, -0.15) is 17.5 Å². The van der Waals surface area contributed by atoms with Gasteiger partial charge in [0.05, 0.1) is 29.5 Å². The van der Waals surface area contributed by atoms with Gasteiger partial charge in [0.1, 0.15) is 0 Å². The van der Waals surface area contributed by atoms with E-state index in [4.69, 9.17) is 16.3 Å². The molecule has 2 aromatic rings. The minimum atomic E-state index is -4.64. The molecule has 0 amide bonds. The van der Waals surface area contributed by atoms with Crippen molar-refractivity contribution in [1.82, 2.24) is 4.31 Å². The van der Waals surface area contributed by atoms with E-state index in [1.807, 2.05) is 0 Å². The van der Waals surface area contributed by atoms with Crippen molar-refractivity contribution in [3.05, 3.63) is 64.2 Å². The summed E-state index contributed by atoms with van der Waals surface area (Å²) in [6.45, 7) is 1.54. The summed E-state index contributed by atoms with van der Waals surface area (Å²) in [7, 11) is -4.10. The molecule has 5 nitrogen and oxygen atoms in total. The van der Waals surface area contributed by atoms with E-state index in [9.17, 15) is 26.4 Å². The smallest absolute Gasteiger partial charge is 0.416 e. The Labute approximate surface area is 171 Å². The fourth-order valence-electron chi connectivity index (χ4n) is 3.22. The molecule has 0 saturated carbocycles. The Hall–Kier alpha value is -2.10. The zero-order valence-electron chi connectivity index (χ0n) is 15.2. The predicted molar refractivity (Wildman–Crippen MR) is 99.6 cm³/mol. The van der Waals surface area contributed by atoms with Crippen LogP contribution in [-0.4, -0.2) is 25.3 Å². The highest BCUT2D eigenvalue weighted by atomic mass is 35.5. The van der Waals surface area contributed by atoms with E-state index in [-0.39, 0.29) is 23.6 Å². The molecule has 0 bridgehead atoms. The Morgan fingerprint density at radius 1 is 1.17 bits per heavy atom. The molecular weight excluding hydrogens is 431 g/mol. The summed E-state index contributed by atoms with van der Waals surface area (Å²) in [5.74, 6) is -0.695. The lowest BCUT2D eigenvalue weighted by atomic mass is 10.0. The maximum atomic E-state index is 13.2. The molecule has 29 heavy (non-hydrogen) atoms. The second kappa shape index (κ2) is 7.97. The van der Waals surface area contributed by atoms with Crippen LogP contribution in [0.25, 0.3) is 0 Å². The van der Waals surface area contributed by atoms with Crippen LogP contribution in [0.3, 0.4) is 0 Å². The summed E-state index contributed by atoms with van der Waals surface area (Å²) >= 11 is 5.85. The van der Waals surface area contributed by atoms with Crippen LogP contribution >= 0.6 is 11.6 Å². The highest BCUT2D eigenvalue weighted by Crippen LogP contribution is 2.44. The number of fused-ring (bicyclic) bond motifs is 1. The Morgan fingerprint density at radius 3 is 2.41 bits per heavy atom. The summed E-state index contributed by atoms with van der Waals surface area (Å²) in [6, 6.07) is 7.73. The lowest BCUT2D eigenvalue weighted by molar-refractivity contribution is -0.144. The Bertz CT molecular complexity index is 1020. The van der Waals surface area contributed by atoms with Crippen molar-refractivity contribution >= 4 is 27.6 Å². The van der Waals surface area contributed by atoms with E-state index in [2.05, 4.69) is 0 Å². The SMILES string of the molecule is CCOC(=O)C[C@H]1c2cc(C(F)(F)F)ccc2S(=O)(=O)N1Cc1ccc(Cl)cc1. The molecule has 3 rings (SSSR count). The first-order valence-corrected chi connectivity index (χ1v) is 10.5. The summed E-state index contributed by atoms with van der Waals surface area (Å²) in [4.78, 5) is 11.8. The zero-order chi connectivity index (χ0) is 21.4. The van der Waals surface area contributed by atoms with Crippen molar-refractivity contribution < 1.29 is 31.1 Å². The number of carbonyl (C=O) groups excluding carboxylic acids is 1. The molecule has 0 unspecified atom stereocenters. The summed E-state index contributed by atoms with van der Waals surface area (Å²) < 4.78 is 71.5. The lowest BCUT2D eigenvalue weighted by Crippen LogP contribution is -2.29. The van der Waals surface area contributed by atoms with Gasteiger partial charge in [0.2, 0.25) is 10.0 Å². The molecule has 0 N–H and O–H groups in total. The third-order valence-electron chi connectivity index (χ3n) is 4.55. The highest BCUT2D eigenvalue weighted by Gasteiger charge is 2.45. The molecule has 0 aromatic heterocycles. The number of alkyl halides is 3. The quantitative estimate of drug-likeness (QED) is 0.630. The second-order valence-corrected chi connectivity index (χ2v) is 8.75. The molecule has 0 aliphatic carbocycles. The van der Waals surface area contributed by atoms with Crippen molar-refractivity contribution in [3.8, 4) is 0 Å². The maximum Gasteiger partial charge on any atom is 0.416 e. The first-order chi connectivity index (χ1) is 13.5.